The molecular formula is C27H39N3O6. The topological polar surface area (TPSA) is 97.4 Å². The van der Waals surface area contributed by atoms with Crippen molar-refractivity contribution in [2.45, 2.75) is 70.7 Å². The molecule has 3 fully saturated rings. The number of amides is 3. The summed E-state index contributed by atoms with van der Waals surface area (Å²) >= 11 is 0. The van der Waals surface area contributed by atoms with E-state index in [1.807, 2.05) is 25.7 Å². The van der Waals surface area contributed by atoms with Gasteiger partial charge in [-0.05, 0) is 36.5 Å². The molecule has 1 spiro atoms. The Morgan fingerprint density at radius 2 is 1.94 bits per heavy atom. The smallest absolute Gasteiger partial charge is 0.257 e. The van der Waals surface area contributed by atoms with E-state index < -0.39 is 11.8 Å². The van der Waals surface area contributed by atoms with E-state index in [1.54, 1.807) is 36.3 Å². The Balaban J connectivity index is 1.53. The van der Waals surface area contributed by atoms with Crippen molar-refractivity contribution in [2.24, 2.45) is 5.41 Å². The Labute approximate surface area is 213 Å². The fourth-order valence-electron chi connectivity index (χ4n) is 5.27. The van der Waals surface area contributed by atoms with Gasteiger partial charge in [0.25, 0.3) is 5.91 Å². The van der Waals surface area contributed by atoms with Crippen LogP contribution in [0.1, 0.15) is 63.2 Å². The minimum absolute atomic E-state index is 0.00448. The minimum Gasteiger partial charge on any atom is -0.497 e. The van der Waals surface area contributed by atoms with E-state index >= 15 is 0 Å². The normalized spacial score (nSPS) is 23.7. The summed E-state index contributed by atoms with van der Waals surface area (Å²) in [4.78, 5) is 43.4. The third kappa shape index (κ3) is 5.83. The Morgan fingerprint density at radius 1 is 1.19 bits per heavy atom. The van der Waals surface area contributed by atoms with Gasteiger partial charge in [0.2, 0.25) is 11.8 Å². The van der Waals surface area contributed by atoms with E-state index in [0.29, 0.717) is 56.8 Å². The number of nitrogens with one attached hydrogen (secondary N) is 1. The third-order valence-electron chi connectivity index (χ3n) is 7.21. The number of nitrogens with zero attached hydrogens (tertiary/aromatic N) is 2. The summed E-state index contributed by atoms with van der Waals surface area (Å²) in [5.41, 5.74) is -0.608. The molecule has 36 heavy (non-hydrogen) atoms. The second-order valence-corrected chi connectivity index (χ2v) is 11.2. The molecule has 0 aromatic heterocycles. The number of methoxy groups -OCH3 is 1. The number of carbonyl (C=O) groups is 3. The summed E-state index contributed by atoms with van der Waals surface area (Å²) in [5, 5.41) is 2.97. The van der Waals surface area contributed by atoms with Gasteiger partial charge in [0, 0.05) is 51.1 Å². The monoisotopic (exact) mass is 501 g/mol. The van der Waals surface area contributed by atoms with Crippen LogP contribution in [0.5, 0.6) is 5.75 Å². The van der Waals surface area contributed by atoms with Gasteiger partial charge in [-0.2, -0.15) is 0 Å². The molecule has 4 rings (SSSR count). The molecule has 9 nitrogen and oxygen atoms in total. The van der Waals surface area contributed by atoms with Crippen LogP contribution < -0.4 is 10.1 Å². The van der Waals surface area contributed by atoms with Crippen molar-refractivity contribution in [2.75, 3.05) is 40.0 Å². The maximum atomic E-state index is 13.9. The second kappa shape index (κ2) is 10.8. The minimum atomic E-state index is -0.940. The maximum Gasteiger partial charge on any atom is 0.257 e. The molecule has 9 heteroatoms. The first-order valence-corrected chi connectivity index (χ1v) is 12.9. The quantitative estimate of drug-likeness (QED) is 0.644. The zero-order chi connectivity index (χ0) is 25.9. The fraction of sp³-hybridized carbons (Fsp3) is 0.667. The summed E-state index contributed by atoms with van der Waals surface area (Å²) in [6.45, 7) is 8.32. The van der Waals surface area contributed by atoms with E-state index in [2.05, 4.69) is 5.32 Å². The standard InChI is InChI=1S/C27H39N3O6/c1-26(2,3)16-23(31)29-12-10-27(11-13-29)30(25(33)19-7-5-8-20(15-19)34-4)22(18-36-27)24(32)28-17-21-9-6-14-35-21/h5,7-8,15,21-22H,6,9-14,16-18H2,1-4H3,(H,28,32)/t21-,22+/m1/s1. The van der Waals surface area contributed by atoms with Gasteiger partial charge < -0.3 is 24.4 Å². The molecule has 0 unspecified atom stereocenters. The van der Waals surface area contributed by atoms with Crippen LogP contribution in [0, 0.1) is 5.41 Å². The van der Waals surface area contributed by atoms with Gasteiger partial charge in [-0.1, -0.05) is 26.8 Å². The molecule has 198 valence electrons. The lowest BCUT2D eigenvalue weighted by atomic mass is 9.90. The highest BCUT2D eigenvalue weighted by Gasteiger charge is 2.54. The predicted octanol–water partition coefficient (Wildman–Crippen LogP) is 2.59. The SMILES string of the molecule is COc1cccc(C(=O)N2[C@H](C(=O)NC[C@H]3CCCO3)COC23CCN(C(=O)CC(C)(C)C)CC3)c1. The molecular weight excluding hydrogens is 462 g/mol. The average molecular weight is 502 g/mol. The largest absolute Gasteiger partial charge is 0.497 e. The number of benzene rings is 1. The Kier molecular flexibility index (Phi) is 7.90. The van der Waals surface area contributed by atoms with Crippen LogP contribution in [0.2, 0.25) is 0 Å². The summed E-state index contributed by atoms with van der Waals surface area (Å²) in [6.07, 6.45) is 3.27. The van der Waals surface area contributed by atoms with Crippen molar-refractivity contribution < 1.29 is 28.6 Å². The number of piperidine rings is 1. The van der Waals surface area contributed by atoms with Crippen LogP contribution in [-0.4, -0.2) is 85.3 Å². The lowest BCUT2D eigenvalue weighted by molar-refractivity contribution is -0.145. The zero-order valence-electron chi connectivity index (χ0n) is 21.9. The number of hydrogen-bond donors (Lipinski definition) is 1. The Hall–Kier alpha value is -2.65. The highest BCUT2D eigenvalue weighted by molar-refractivity contribution is 5.98. The van der Waals surface area contributed by atoms with E-state index in [4.69, 9.17) is 14.2 Å². The van der Waals surface area contributed by atoms with Crippen LogP contribution in [0.25, 0.3) is 0 Å². The van der Waals surface area contributed by atoms with Gasteiger partial charge in [0.15, 0.2) is 0 Å². The fourth-order valence-corrected chi connectivity index (χ4v) is 5.27. The van der Waals surface area contributed by atoms with E-state index in [1.165, 1.54) is 0 Å². The van der Waals surface area contributed by atoms with Crippen molar-refractivity contribution in [1.29, 1.82) is 0 Å². The van der Waals surface area contributed by atoms with E-state index in [-0.39, 0.29) is 35.8 Å². The molecule has 3 amide bonds. The maximum absolute atomic E-state index is 13.9. The molecule has 1 N–H and O–H groups in total. The molecule has 0 aliphatic carbocycles. The number of ether oxygens (including phenoxy) is 3. The molecule has 2 atom stereocenters. The second-order valence-electron chi connectivity index (χ2n) is 11.2. The molecule has 3 saturated heterocycles. The van der Waals surface area contributed by atoms with Crippen molar-refractivity contribution in [3.63, 3.8) is 0 Å². The number of rotatable bonds is 6. The molecule has 1 aromatic carbocycles. The highest BCUT2D eigenvalue weighted by atomic mass is 16.5. The van der Waals surface area contributed by atoms with E-state index in [0.717, 1.165) is 12.8 Å². The van der Waals surface area contributed by atoms with Gasteiger partial charge in [-0.3, -0.25) is 19.3 Å². The zero-order valence-corrected chi connectivity index (χ0v) is 21.9. The van der Waals surface area contributed by atoms with Gasteiger partial charge in [-0.25, -0.2) is 0 Å². The van der Waals surface area contributed by atoms with Crippen LogP contribution >= 0.6 is 0 Å². The predicted molar refractivity (Wildman–Crippen MR) is 134 cm³/mol. The molecule has 3 aliphatic heterocycles. The number of likely N-dealkylation sites (tertiary alicyclic amines) is 1. The molecule has 0 radical (unpaired) electrons. The van der Waals surface area contributed by atoms with Crippen LogP contribution in [0.4, 0.5) is 0 Å². The molecule has 0 saturated carbocycles. The highest BCUT2D eigenvalue weighted by Crippen LogP contribution is 2.39. The molecule has 3 heterocycles. The Bertz CT molecular complexity index is 961. The molecule has 3 aliphatic rings. The Morgan fingerprint density at radius 3 is 2.58 bits per heavy atom. The summed E-state index contributed by atoms with van der Waals surface area (Å²) in [5.74, 6) is 0.145. The molecule has 0 bridgehead atoms. The number of hydrogen-bond acceptors (Lipinski definition) is 6. The van der Waals surface area contributed by atoms with Crippen LogP contribution in [0.3, 0.4) is 0 Å². The van der Waals surface area contributed by atoms with Gasteiger partial charge in [-0.15, -0.1) is 0 Å². The van der Waals surface area contributed by atoms with Crippen molar-refractivity contribution >= 4 is 17.7 Å². The lowest BCUT2D eigenvalue weighted by Gasteiger charge is -2.45. The van der Waals surface area contributed by atoms with Gasteiger partial charge in [0.1, 0.15) is 17.5 Å². The summed E-state index contributed by atoms with van der Waals surface area (Å²) in [6, 6.07) is 6.17. The van der Waals surface area contributed by atoms with Crippen LogP contribution in [-0.2, 0) is 19.1 Å². The van der Waals surface area contributed by atoms with Crippen molar-refractivity contribution in [3.8, 4) is 5.75 Å². The van der Waals surface area contributed by atoms with Crippen molar-refractivity contribution in [3.05, 3.63) is 29.8 Å². The number of carbonyl (C=O) groups excluding carboxylic acids is 3. The summed E-state index contributed by atoms with van der Waals surface area (Å²) in [7, 11) is 1.55. The average Bonchev–Trinajstić information content (AvgIpc) is 3.50. The first kappa shape index (κ1) is 26.4. The van der Waals surface area contributed by atoms with E-state index in [9.17, 15) is 14.4 Å². The summed E-state index contributed by atoms with van der Waals surface area (Å²) < 4.78 is 17.2. The molecule has 1 aromatic rings. The first-order chi connectivity index (χ1) is 17.1. The third-order valence-corrected chi connectivity index (χ3v) is 7.21. The van der Waals surface area contributed by atoms with Crippen LogP contribution in [0.15, 0.2) is 24.3 Å². The first-order valence-electron chi connectivity index (χ1n) is 12.9. The van der Waals surface area contributed by atoms with Gasteiger partial charge in [0.05, 0.1) is 19.8 Å². The lowest BCUT2D eigenvalue weighted by Crippen LogP contribution is -2.60. The van der Waals surface area contributed by atoms with Gasteiger partial charge >= 0.3 is 0 Å². The van der Waals surface area contributed by atoms with Crippen molar-refractivity contribution in [1.82, 2.24) is 15.1 Å².